The number of benzene rings is 1. The van der Waals surface area contributed by atoms with Crippen molar-refractivity contribution in [3.8, 4) is 0 Å². The lowest BCUT2D eigenvalue weighted by Crippen LogP contribution is -2.32. The lowest BCUT2D eigenvalue weighted by atomic mass is 9.79. The lowest BCUT2D eigenvalue weighted by Gasteiger charge is -2.32. The third kappa shape index (κ3) is 3.41. The molecule has 0 saturated heterocycles. The Labute approximate surface area is 139 Å². The standard InChI is InChI=1S/C18H22BrNS/c1-2-10-20-17(18-16(19)9-11-21-18)15-8-7-13-5-3-4-6-14(13)12-15/h3-6,9,11,15,17,20H,2,7-8,10,12H2,1H3. The van der Waals surface area contributed by atoms with Crippen LogP contribution in [0, 0.1) is 5.92 Å². The first-order valence-electron chi connectivity index (χ1n) is 7.82. The first-order chi connectivity index (χ1) is 10.3. The molecule has 21 heavy (non-hydrogen) atoms. The van der Waals surface area contributed by atoms with E-state index in [9.17, 15) is 0 Å². The van der Waals surface area contributed by atoms with Crippen molar-refractivity contribution >= 4 is 27.3 Å². The van der Waals surface area contributed by atoms with Gasteiger partial charge >= 0.3 is 0 Å². The minimum atomic E-state index is 0.479. The summed E-state index contributed by atoms with van der Waals surface area (Å²) in [5.74, 6) is 0.696. The van der Waals surface area contributed by atoms with E-state index >= 15 is 0 Å². The van der Waals surface area contributed by atoms with Gasteiger partial charge in [-0.1, -0.05) is 31.2 Å². The van der Waals surface area contributed by atoms with Gasteiger partial charge in [-0.15, -0.1) is 11.3 Å². The zero-order valence-electron chi connectivity index (χ0n) is 12.4. The summed E-state index contributed by atoms with van der Waals surface area (Å²) in [7, 11) is 0. The van der Waals surface area contributed by atoms with Crippen molar-refractivity contribution in [1.82, 2.24) is 5.32 Å². The summed E-state index contributed by atoms with van der Waals surface area (Å²) in [5.41, 5.74) is 3.10. The molecule has 1 aliphatic carbocycles. The molecule has 1 aliphatic rings. The highest BCUT2D eigenvalue weighted by atomic mass is 79.9. The van der Waals surface area contributed by atoms with Gasteiger partial charge in [0.05, 0.1) is 0 Å². The van der Waals surface area contributed by atoms with Crippen molar-refractivity contribution < 1.29 is 0 Å². The predicted octanol–water partition coefficient (Wildman–Crippen LogP) is 5.36. The Bertz CT molecular complexity index is 592. The number of nitrogens with one attached hydrogen (secondary N) is 1. The molecule has 1 aromatic carbocycles. The van der Waals surface area contributed by atoms with Crippen LogP contribution in [0.5, 0.6) is 0 Å². The summed E-state index contributed by atoms with van der Waals surface area (Å²) in [5, 5.41) is 5.98. The number of thiophene rings is 1. The fourth-order valence-electron chi connectivity index (χ4n) is 3.31. The molecular weight excluding hydrogens is 342 g/mol. The van der Waals surface area contributed by atoms with Gasteiger partial charge in [0.2, 0.25) is 0 Å². The Morgan fingerprint density at radius 1 is 1.29 bits per heavy atom. The summed E-state index contributed by atoms with van der Waals surface area (Å²) in [6.45, 7) is 3.33. The normalized spacial score (nSPS) is 19.2. The molecule has 0 bridgehead atoms. The molecule has 1 heterocycles. The smallest absolute Gasteiger partial charge is 0.0458 e. The van der Waals surface area contributed by atoms with Crippen LogP contribution < -0.4 is 5.32 Å². The first-order valence-corrected chi connectivity index (χ1v) is 9.50. The molecule has 2 unspecified atom stereocenters. The number of fused-ring (bicyclic) bond motifs is 1. The fourth-order valence-corrected chi connectivity index (χ4v) is 5.10. The Hall–Kier alpha value is -0.640. The van der Waals surface area contributed by atoms with Gasteiger partial charge in [-0.2, -0.15) is 0 Å². The van der Waals surface area contributed by atoms with E-state index in [2.05, 4.69) is 63.9 Å². The molecule has 0 spiro atoms. The van der Waals surface area contributed by atoms with E-state index in [0.29, 0.717) is 12.0 Å². The van der Waals surface area contributed by atoms with Crippen LogP contribution in [0.15, 0.2) is 40.2 Å². The number of rotatable bonds is 5. The van der Waals surface area contributed by atoms with Crippen molar-refractivity contribution in [3.05, 3.63) is 56.2 Å². The molecule has 1 nitrogen and oxygen atoms in total. The summed E-state index contributed by atoms with van der Waals surface area (Å²) in [4.78, 5) is 1.47. The van der Waals surface area contributed by atoms with Crippen LogP contribution in [0.1, 0.15) is 41.8 Å². The average Bonchev–Trinajstić information content (AvgIpc) is 2.94. The van der Waals surface area contributed by atoms with Gasteiger partial charge in [-0.25, -0.2) is 0 Å². The van der Waals surface area contributed by atoms with Crippen molar-refractivity contribution in [2.24, 2.45) is 5.92 Å². The van der Waals surface area contributed by atoms with Gasteiger partial charge in [0, 0.05) is 15.4 Å². The Kier molecular flexibility index (Phi) is 5.15. The third-order valence-electron chi connectivity index (χ3n) is 4.40. The maximum atomic E-state index is 3.79. The highest BCUT2D eigenvalue weighted by molar-refractivity contribution is 9.10. The van der Waals surface area contributed by atoms with Crippen molar-refractivity contribution in [2.75, 3.05) is 6.54 Å². The quantitative estimate of drug-likeness (QED) is 0.753. The number of aryl methyl sites for hydroxylation is 1. The van der Waals surface area contributed by atoms with Crippen LogP contribution in [-0.2, 0) is 12.8 Å². The van der Waals surface area contributed by atoms with Gasteiger partial charge < -0.3 is 5.32 Å². The summed E-state index contributed by atoms with van der Waals surface area (Å²) in [6.07, 6.45) is 4.88. The van der Waals surface area contributed by atoms with E-state index in [1.807, 2.05) is 11.3 Å². The van der Waals surface area contributed by atoms with Gasteiger partial charge in [0.15, 0.2) is 0 Å². The van der Waals surface area contributed by atoms with Gasteiger partial charge in [-0.3, -0.25) is 0 Å². The van der Waals surface area contributed by atoms with Gasteiger partial charge in [0.25, 0.3) is 0 Å². The summed E-state index contributed by atoms with van der Waals surface area (Å²) in [6, 6.07) is 11.6. The molecule has 1 aromatic heterocycles. The molecular formula is C18H22BrNS. The third-order valence-corrected chi connectivity index (χ3v) is 6.35. The Balaban J connectivity index is 1.83. The molecule has 3 heteroatoms. The molecule has 2 atom stereocenters. The second kappa shape index (κ2) is 7.08. The zero-order valence-corrected chi connectivity index (χ0v) is 14.8. The van der Waals surface area contributed by atoms with Gasteiger partial charge in [-0.05, 0) is 76.6 Å². The van der Waals surface area contributed by atoms with Crippen LogP contribution in [-0.4, -0.2) is 6.54 Å². The summed E-state index contributed by atoms with van der Waals surface area (Å²) >= 11 is 5.60. The second-order valence-electron chi connectivity index (χ2n) is 5.84. The van der Waals surface area contributed by atoms with E-state index in [4.69, 9.17) is 0 Å². The first kappa shape index (κ1) is 15.3. The van der Waals surface area contributed by atoms with Gasteiger partial charge in [0.1, 0.15) is 0 Å². The van der Waals surface area contributed by atoms with Crippen molar-refractivity contribution in [2.45, 2.75) is 38.6 Å². The van der Waals surface area contributed by atoms with E-state index in [0.717, 1.165) is 6.54 Å². The molecule has 0 amide bonds. The van der Waals surface area contributed by atoms with E-state index in [1.165, 1.54) is 35.0 Å². The fraction of sp³-hybridized carbons (Fsp3) is 0.444. The van der Waals surface area contributed by atoms with Crippen molar-refractivity contribution in [1.29, 1.82) is 0 Å². The predicted molar refractivity (Wildman–Crippen MR) is 95.0 cm³/mol. The number of halogens is 1. The number of hydrogen-bond donors (Lipinski definition) is 1. The lowest BCUT2D eigenvalue weighted by molar-refractivity contribution is 0.329. The minimum Gasteiger partial charge on any atom is -0.309 e. The highest BCUT2D eigenvalue weighted by Crippen LogP contribution is 2.39. The molecule has 0 saturated carbocycles. The SMILES string of the molecule is CCCNC(c1sccc1Br)C1CCc2ccccc2C1. The van der Waals surface area contributed by atoms with Crippen molar-refractivity contribution in [3.63, 3.8) is 0 Å². The molecule has 1 N–H and O–H groups in total. The average molecular weight is 364 g/mol. The monoisotopic (exact) mass is 363 g/mol. The molecule has 0 radical (unpaired) electrons. The largest absolute Gasteiger partial charge is 0.309 e. The maximum Gasteiger partial charge on any atom is 0.0458 e. The molecule has 2 aromatic rings. The maximum absolute atomic E-state index is 3.79. The van der Waals surface area contributed by atoms with E-state index < -0.39 is 0 Å². The summed E-state index contributed by atoms with van der Waals surface area (Å²) < 4.78 is 1.26. The van der Waals surface area contributed by atoms with Crippen LogP contribution in [0.2, 0.25) is 0 Å². The molecule has 0 fully saturated rings. The Morgan fingerprint density at radius 2 is 2.10 bits per heavy atom. The van der Waals surface area contributed by atoms with Crippen LogP contribution >= 0.6 is 27.3 Å². The number of hydrogen-bond acceptors (Lipinski definition) is 2. The molecule has 0 aliphatic heterocycles. The molecule has 112 valence electrons. The van der Waals surface area contributed by atoms with E-state index in [-0.39, 0.29) is 0 Å². The molecule has 3 rings (SSSR count). The minimum absolute atomic E-state index is 0.479. The van der Waals surface area contributed by atoms with Crippen LogP contribution in [0.4, 0.5) is 0 Å². The zero-order chi connectivity index (χ0) is 14.7. The topological polar surface area (TPSA) is 12.0 Å². The highest BCUT2D eigenvalue weighted by Gasteiger charge is 2.28. The van der Waals surface area contributed by atoms with E-state index in [1.54, 1.807) is 11.1 Å². The van der Waals surface area contributed by atoms with Crippen LogP contribution in [0.3, 0.4) is 0 Å². The Morgan fingerprint density at radius 3 is 2.81 bits per heavy atom. The second-order valence-corrected chi connectivity index (χ2v) is 7.64. The van der Waals surface area contributed by atoms with Crippen LogP contribution in [0.25, 0.3) is 0 Å².